The highest BCUT2D eigenvalue weighted by molar-refractivity contribution is 8.02. The van der Waals surface area contributed by atoms with Gasteiger partial charge in [-0.1, -0.05) is 23.1 Å². The summed E-state index contributed by atoms with van der Waals surface area (Å²) in [6, 6.07) is 11.7. The maximum Gasteiger partial charge on any atom is 0.237 e. The largest absolute Gasteiger partial charge is 0.467 e. The molecular weight excluding hydrogens is 422 g/mol. The van der Waals surface area contributed by atoms with Crippen LogP contribution in [0, 0.1) is 0 Å². The van der Waals surface area contributed by atoms with E-state index in [2.05, 4.69) is 25.7 Å². The lowest BCUT2D eigenvalue weighted by Gasteiger charge is -2.28. The summed E-state index contributed by atoms with van der Waals surface area (Å²) in [4.78, 5) is 14.8. The monoisotopic (exact) mass is 445 g/mol. The second-order valence-electron chi connectivity index (χ2n) is 6.70. The van der Waals surface area contributed by atoms with Gasteiger partial charge in [0.2, 0.25) is 11.0 Å². The van der Waals surface area contributed by atoms with E-state index in [0.717, 1.165) is 47.8 Å². The van der Waals surface area contributed by atoms with Gasteiger partial charge in [-0.25, -0.2) is 0 Å². The highest BCUT2D eigenvalue weighted by Gasteiger charge is 2.18. The summed E-state index contributed by atoms with van der Waals surface area (Å²) in [5, 5.41) is 14.8. The number of nitrogens with one attached hydrogen (secondary N) is 2. The number of hydrogen-bond donors (Lipinski definition) is 2. The fraction of sp³-hybridized carbons (Fsp3) is 0.350. The molecule has 0 aliphatic carbocycles. The molecule has 1 aliphatic heterocycles. The van der Waals surface area contributed by atoms with Crippen LogP contribution in [0.5, 0.6) is 0 Å². The van der Waals surface area contributed by atoms with Crippen molar-refractivity contribution in [3.8, 4) is 0 Å². The molecular formula is C20H23N5O3S2. The molecule has 0 spiro atoms. The molecule has 8 nitrogen and oxygen atoms in total. The van der Waals surface area contributed by atoms with Crippen LogP contribution in [0.25, 0.3) is 0 Å². The predicted molar refractivity (Wildman–Crippen MR) is 119 cm³/mol. The Balaban J connectivity index is 1.26. The summed E-state index contributed by atoms with van der Waals surface area (Å²) in [5.74, 6) is 0.756. The standard InChI is InChI=1S/C20H23N5O3S2/c1-14(29-20-24-23-19(30-20)21-13-17-3-2-10-28-17)18(26)22-15-4-6-16(7-5-15)25-8-11-27-12-9-25/h2-7,10,14H,8-9,11-13H2,1H3,(H,21,23)(H,22,26)/t14-/m0/s1. The third-order valence-electron chi connectivity index (χ3n) is 4.56. The minimum atomic E-state index is -0.296. The van der Waals surface area contributed by atoms with Gasteiger partial charge in [0.25, 0.3) is 0 Å². The van der Waals surface area contributed by atoms with Gasteiger partial charge in [-0.05, 0) is 43.3 Å². The van der Waals surface area contributed by atoms with Gasteiger partial charge < -0.3 is 24.7 Å². The Bertz CT molecular complexity index is 940. The summed E-state index contributed by atoms with van der Waals surface area (Å²) in [6.07, 6.45) is 1.63. The smallest absolute Gasteiger partial charge is 0.237 e. The topological polar surface area (TPSA) is 92.5 Å². The second kappa shape index (κ2) is 9.96. The Hall–Kier alpha value is -2.56. The molecule has 0 radical (unpaired) electrons. The average Bonchev–Trinajstić information content (AvgIpc) is 3.45. The first-order chi connectivity index (χ1) is 14.7. The molecule has 0 saturated carbocycles. The molecule has 0 bridgehead atoms. The zero-order chi connectivity index (χ0) is 20.8. The van der Waals surface area contributed by atoms with Crippen molar-refractivity contribution in [1.82, 2.24) is 10.2 Å². The molecule has 158 valence electrons. The van der Waals surface area contributed by atoms with Crippen molar-refractivity contribution in [2.75, 3.05) is 41.8 Å². The van der Waals surface area contributed by atoms with E-state index in [9.17, 15) is 4.79 Å². The highest BCUT2D eigenvalue weighted by atomic mass is 32.2. The minimum absolute atomic E-state index is 0.0700. The number of ether oxygens (including phenoxy) is 1. The van der Waals surface area contributed by atoms with E-state index >= 15 is 0 Å². The molecule has 30 heavy (non-hydrogen) atoms. The van der Waals surface area contributed by atoms with Crippen molar-refractivity contribution in [3.05, 3.63) is 48.4 Å². The number of hydrogen-bond acceptors (Lipinski definition) is 9. The van der Waals surface area contributed by atoms with Gasteiger partial charge in [0.1, 0.15) is 5.76 Å². The molecule has 4 rings (SSSR count). The fourth-order valence-corrected chi connectivity index (χ4v) is 4.82. The van der Waals surface area contributed by atoms with E-state index in [4.69, 9.17) is 9.15 Å². The summed E-state index contributed by atoms with van der Waals surface area (Å²) in [5.41, 5.74) is 1.92. The van der Waals surface area contributed by atoms with Crippen molar-refractivity contribution in [2.45, 2.75) is 23.1 Å². The molecule has 0 unspecified atom stereocenters. The minimum Gasteiger partial charge on any atom is -0.467 e. The fourth-order valence-electron chi connectivity index (χ4n) is 2.93. The summed E-state index contributed by atoms with van der Waals surface area (Å²) in [6.45, 7) is 5.68. The number of benzene rings is 1. The molecule has 2 aromatic heterocycles. The van der Waals surface area contributed by atoms with E-state index in [1.165, 1.54) is 23.1 Å². The number of morpholine rings is 1. The molecule has 10 heteroatoms. The zero-order valence-electron chi connectivity index (χ0n) is 16.5. The number of furan rings is 1. The van der Waals surface area contributed by atoms with Crippen LogP contribution in [0.15, 0.2) is 51.4 Å². The quantitative estimate of drug-likeness (QED) is 0.507. The number of amides is 1. The lowest BCUT2D eigenvalue weighted by atomic mass is 10.2. The van der Waals surface area contributed by atoms with Crippen LogP contribution in [0.3, 0.4) is 0 Å². The number of rotatable bonds is 8. The Kier molecular flexibility index (Phi) is 6.88. The Labute approximate surface area is 183 Å². The Morgan fingerprint density at radius 2 is 2.03 bits per heavy atom. The average molecular weight is 446 g/mol. The van der Waals surface area contributed by atoms with E-state index in [1.54, 1.807) is 6.26 Å². The van der Waals surface area contributed by atoms with Crippen molar-refractivity contribution in [1.29, 1.82) is 0 Å². The van der Waals surface area contributed by atoms with Crippen molar-refractivity contribution in [3.63, 3.8) is 0 Å². The maximum atomic E-state index is 12.6. The number of anilines is 3. The van der Waals surface area contributed by atoms with E-state index in [1.807, 2.05) is 43.3 Å². The predicted octanol–water partition coefficient (Wildman–Crippen LogP) is 3.70. The first-order valence-electron chi connectivity index (χ1n) is 9.67. The highest BCUT2D eigenvalue weighted by Crippen LogP contribution is 2.30. The number of carbonyl (C=O) groups is 1. The SMILES string of the molecule is C[C@H](Sc1nnc(NCc2ccco2)s1)C(=O)Nc1ccc(N2CCOCC2)cc1. The van der Waals surface area contributed by atoms with Crippen molar-refractivity contribution >= 4 is 45.5 Å². The first-order valence-corrected chi connectivity index (χ1v) is 11.4. The lowest BCUT2D eigenvalue weighted by Crippen LogP contribution is -2.36. The van der Waals surface area contributed by atoms with Crippen LogP contribution in [-0.2, 0) is 16.1 Å². The maximum absolute atomic E-state index is 12.6. The molecule has 1 aromatic carbocycles. The molecule has 1 fully saturated rings. The van der Waals surface area contributed by atoms with E-state index in [-0.39, 0.29) is 11.2 Å². The molecule has 3 aromatic rings. The molecule has 1 saturated heterocycles. The first kappa shape index (κ1) is 20.7. The van der Waals surface area contributed by atoms with Crippen LogP contribution in [0.2, 0.25) is 0 Å². The number of nitrogens with zero attached hydrogens (tertiary/aromatic N) is 3. The van der Waals surface area contributed by atoms with Gasteiger partial charge >= 0.3 is 0 Å². The van der Waals surface area contributed by atoms with E-state index in [0.29, 0.717) is 11.7 Å². The summed E-state index contributed by atoms with van der Waals surface area (Å²) in [7, 11) is 0. The van der Waals surface area contributed by atoms with Gasteiger partial charge in [-0.2, -0.15) is 0 Å². The van der Waals surface area contributed by atoms with Gasteiger partial charge in [0.15, 0.2) is 4.34 Å². The Morgan fingerprint density at radius 3 is 2.77 bits per heavy atom. The van der Waals surface area contributed by atoms with Crippen molar-refractivity contribution in [2.24, 2.45) is 0 Å². The van der Waals surface area contributed by atoms with Gasteiger partial charge in [-0.3, -0.25) is 4.79 Å². The summed E-state index contributed by atoms with van der Waals surface area (Å²) < 4.78 is 11.4. The molecule has 1 amide bonds. The number of carbonyl (C=O) groups excluding carboxylic acids is 1. The van der Waals surface area contributed by atoms with Crippen LogP contribution in [0.1, 0.15) is 12.7 Å². The molecule has 3 heterocycles. The molecule has 1 aliphatic rings. The van der Waals surface area contributed by atoms with E-state index < -0.39 is 0 Å². The van der Waals surface area contributed by atoms with Gasteiger partial charge in [0.05, 0.1) is 31.3 Å². The van der Waals surface area contributed by atoms with Crippen LogP contribution >= 0.6 is 23.1 Å². The normalized spacial score (nSPS) is 15.0. The van der Waals surface area contributed by atoms with Crippen LogP contribution < -0.4 is 15.5 Å². The molecule has 2 N–H and O–H groups in total. The van der Waals surface area contributed by atoms with Crippen molar-refractivity contribution < 1.29 is 13.9 Å². The lowest BCUT2D eigenvalue weighted by molar-refractivity contribution is -0.115. The third kappa shape index (κ3) is 5.53. The third-order valence-corrected chi connectivity index (χ3v) is 6.62. The number of thioether (sulfide) groups is 1. The van der Waals surface area contributed by atoms with Crippen LogP contribution in [0.4, 0.5) is 16.5 Å². The zero-order valence-corrected chi connectivity index (χ0v) is 18.2. The summed E-state index contributed by atoms with van der Waals surface area (Å²) >= 11 is 2.81. The Morgan fingerprint density at radius 1 is 1.23 bits per heavy atom. The van der Waals surface area contributed by atoms with Gasteiger partial charge in [-0.15, -0.1) is 10.2 Å². The van der Waals surface area contributed by atoms with Crippen LogP contribution in [-0.4, -0.2) is 47.7 Å². The second-order valence-corrected chi connectivity index (χ2v) is 9.27. The van der Waals surface area contributed by atoms with Gasteiger partial charge in [0, 0.05) is 24.5 Å². The number of aromatic nitrogens is 2. The molecule has 1 atom stereocenters.